The predicted octanol–water partition coefficient (Wildman–Crippen LogP) is 2.76. The molecule has 9 heteroatoms. The van der Waals surface area contributed by atoms with Gasteiger partial charge in [0, 0.05) is 42.5 Å². The third-order valence-corrected chi connectivity index (χ3v) is 5.70. The molecule has 0 radical (unpaired) electrons. The van der Waals surface area contributed by atoms with E-state index in [2.05, 4.69) is 20.7 Å². The van der Waals surface area contributed by atoms with Crippen molar-refractivity contribution in [2.45, 2.75) is 25.8 Å². The standard InChI is InChI=1S/C19H22N6O2S/c1-12-16-9-15(10-20-17(16)24(2)23-12)22-19(27)25-6-3-14(4-7-25)21-18(26)13-5-8-28-11-13/h5,8-11,14H,3-4,6-7H2,1-2H3,(H,21,26)(H,22,27). The van der Waals surface area contributed by atoms with Crippen LogP contribution in [0.5, 0.6) is 0 Å². The van der Waals surface area contributed by atoms with Crippen LogP contribution in [0.2, 0.25) is 0 Å². The second-order valence-corrected chi connectivity index (χ2v) is 7.76. The van der Waals surface area contributed by atoms with Crippen molar-refractivity contribution in [3.05, 3.63) is 40.3 Å². The van der Waals surface area contributed by atoms with E-state index in [-0.39, 0.29) is 18.0 Å². The van der Waals surface area contributed by atoms with Crippen molar-refractivity contribution in [3.63, 3.8) is 0 Å². The van der Waals surface area contributed by atoms with Gasteiger partial charge in [-0.3, -0.25) is 9.48 Å². The van der Waals surface area contributed by atoms with Gasteiger partial charge in [0.1, 0.15) is 0 Å². The number of piperidine rings is 1. The van der Waals surface area contributed by atoms with E-state index in [1.807, 2.05) is 36.9 Å². The average molecular weight is 398 g/mol. The molecule has 0 aliphatic carbocycles. The first kappa shape index (κ1) is 18.4. The van der Waals surface area contributed by atoms with Crippen molar-refractivity contribution in [3.8, 4) is 0 Å². The number of nitrogens with zero attached hydrogens (tertiary/aromatic N) is 4. The van der Waals surface area contributed by atoms with Gasteiger partial charge in [-0.2, -0.15) is 16.4 Å². The molecule has 3 aromatic heterocycles. The van der Waals surface area contributed by atoms with Crippen LogP contribution in [0.3, 0.4) is 0 Å². The Labute approximate surface area is 166 Å². The molecule has 0 unspecified atom stereocenters. The van der Waals surface area contributed by atoms with Crippen LogP contribution in [0.25, 0.3) is 11.0 Å². The molecule has 1 fully saturated rings. The molecule has 4 heterocycles. The first-order valence-electron chi connectivity index (χ1n) is 9.19. The third-order valence-electron chi connectivity index (χ3n) is 5.01. The summed E-state index contributed by atoms with van der Waals surface area (Å²) in [7, 11) is 1.85. The zero-order valence-electron chi connectivity index (χ0n) is 15.8. The minimum absolute atomic E-state index is 0.0460. The highest BCUT2D eigenvalue weighted by Crippen LogP contribution is 2.20. The number of hydrogen-bond acceptors (Lipinski definition) is 5. The fraction of sp³-hybridized carbons (Fsp3) is 0.368. The molecule has 146 valence electrons. The Morgan fingerprint density at radius 1 is 1.29 bits per heavy atom. The number of carbonyl (C=O) groups excluding carboxylic acids is 2. The zero-order chi connectivity index (χ0) is 19.7. The fourth-order valence-electron chi connectivity index (χ4n) is 3.47. The summed E-state index contributed by atoms with van der Waals surface area (Å²) in [4.78, 5) is 30.9. The van der Waals surface area contributed by atoms with Crippen molar-refractivity contribution in [2.24, 2.45) is 7.05 Å². The maximum Gasteiger partial charge on any atom is 0.321 e. The van der Waals surface area contributed by atoms with Gasteiger partial charge in [-0.15, -0.1) is 0 Å². The number of pyridine rings is 1. The molecule has 28 heavy (non-hydrogen) atoms. The van der Waals surface area contributed by atoms with Crippen molar-refractivity contribution in [1.82, 2.24) is 25.0 Å². The van der Waals surface area contributed by atoms with E-state index < -0.39 is 0 Å². The van der Waals surface area contributed by atoms with Crippen LogP contribution < -0.4 is 10.6 Å². The molecule has 8 nitrogen and oxygen atoms in total. The highest BCUT2D eigenvalue weighted by atomic mass is 32.1. The smallest absolute Gasteiger partial charge is 0.321 e. The number of fused-ring (bicyclic) bond motifs is 1. The molecule has 0 aromatic carbocycles. The van der Waals surface area contributed by atoms with Crippen LogP contribution in [0.4, 0.5) is 10.5 Å². The summed E-state index contributed by atoms with van der Waals surface area (Å²) in [6.07, 6.45) is 3.12. The maximum atomic E-state index is 12.6. The number of aryl methyl sites for hydroxylation is 2. The van der Waals surface area contributed by atoms with E-state index >= 15 is 0 Å². The third kappa shape index (κ3) is 3.70. The van der Waals surface area contributed by atoms with Gasteiger partial charge in [0.25, 0.3) is 5.91 Å². The second kappa shape index (κ2) is 7.59. The van der Waals surface area contributed by atoms with Crippen molar-refractivity contribution in [1.29, 1.82) is 0 Å². The van der Waals surface area contributed by atoms with Gasteiger partial charge in [0.15, 0.2) is 5.65 Å². The average Bonchev–Trinajstić information content (AvgIpc) is 3.31. The second-order valence-electron chi connectivity index (χ2n) is 6.98. The van der Waals surface area contributed by atoms with E-state index in [0.717, 1.165) is 29.6 Å². The number of anilines is 1. The van der Waals surface area contributed by atoms with Crippen LogP contribution in [0.15, 0.2) is 29.1 Å². The first-order valence-corrected chi connectivity index (χ1v) is 10.1. The van der Waals surface area contributed by atoms with Gasteiger partial charge in [-0.05, 0) is 37.3 Å². The molecule has 0 bridgehead atoms. The summed E-state index contributed by atoms with van der Waals surface area (Å²) in [5.74, 6) is -0.0460. The molecule has 0 spiro atoms. The summed E-state index contributed by atoms with van der Waals surface area (Å²) < 4.78 is 1.73. The van der Waals surface area contributed by atoms with Gasteiger partial charge in [-0.25, -0.2) is 9.78 Å². The van der Waals surface area contributed by atoms with E-state index in [4.69, 9.17) is 0 Å². The normalized spacial score (nSPS) is 15.0. The largest absolute Gasteiger partial charge is 0.349 e. The quantitative estimate of drug-likeness (QED) is 0.710. The Balaban J connectivity index is 1.33. The highest BCUT2D eigenvalue weighted by molar-refractivity contribution is 7.08. The summed E-state index contributed by atoms with van der Waals surface area (Å²) in [6, 6.07) is 3.66. The lowest BCUT2D eigenvalue weighted by Gasteiger charge is -2.32. The Morgan fingerprint density at radius 2 is 2.07 bits per heavy atom. The minimum atomic E-state index is -0.148. The molecule has 2 N–H and O–H groups in total. The monoisotopic (exact) mass is 398 g/mol. The number of carbonyl (C=O) groups is 2. The number of amides is 3. The molecule has 1 aliphatic rings. The van der Waals surface area contributed by atoms with E-state index in [0.29, 0.717) is 24.3 Å². The van der Waals surface area contributed by atoms with Crippen LogP contribution >= 0.6 is 11.3 Å². The zero-order valence-corrected chi connectivity index (χ0v) is 16.6. The van der Waals surface area contributed by atoms with E-state index in [9.17, 15) is 9.59 Å². The lowest BCUT2D eigenvalue weighted by atomic mass is 10.0. The lowest BCUT2D eigenvalue weighted by Crippen LogP contribution is -2.47. The van der Waals surface area contributed by atoms with Gasteiger partial charge < -0.3 is 15.5 Å². The maximum absolute atomic E-state index is 12.6. The number of thiophene rings is 1. The van der Waals surface area contributed by atoms with Crippen molar-refractivity contribution in [2.75, 3.05) is 18.4 Å². The summed E-state index contributed by atoms with van der Waals surface area (Å²) in [5.41, 5.74) is 3.01. The molecule has 3 aromatic rings. The minimum Gasteiger partial charge on any atom is -0.349 e. The Bertz CT molecular complexity index is 1010. The highest BCUT2D eigenvalue weighted by Gasteiger charge is 2.24. The van der Waals surface area contributed by atoms with Crippen LogP contribution in [0.1, 0.15) is 28.9 Å². The molecule has 4 rings (SSSR count). The molecular formula is C19H22N6O2S. The van der Waals surface area contributed by atoms with Crippen LogP contribution in [-0.2, 0) is 7.05 Å². The van der Waals surface area contributed by atoms with Gasteiger partial charge in [0.2, 0.25) is 0 Å². The molecule has 1 saturated heterocycles. The molecular weight excluding hydrogens is 376 g/mol. The predicted molar refractivity (Wildman–Crippen MR) is 109 cm³/mol. The van der Waals surface area contributed by atoms with Gasteiger partial charge >= 0.3 is 6.03 Å². The molecule has 0 saturated carbocycles. The number of hydrogen-bond donors (Lipinski definition) is 2. The summed E-state index contributed by atoms with van der Waals surface area (Å²) in [6.45, 7) is 3.12. The van der Waals surface area contributed by atoms with Crippen LogP contribution in [-0.4, -0.2) is 50.7 Å². The summed E-state index contributed by atoms with van der Waals surface area (Å²) >= 11 is 1.51. The number of rotatable bonds is 3. The van der Waals surface area contributed by atoms with Gasteiger partial charge in [0.05, 0.1) is 17.6 Å². The Hall–Kier alpha value is -2.94. The first-order chi connectivity index (χ1) is 13.5. The number of likely N-dealkylation sites (tertiary alicyclic amines) is 1. The number of aromatic nitrogens is 3. The Morgan fingerprint density at radius 3 is 2.79 bits per heavy atom. The van der Waals surface area contributed by atoms with Gasteiger partial charge in [-0.1, -0.05) is 0 Å². The van der Waals surface area contributed by atoms with E-state index in [1.165, 1.54) is 11.3 Å². The SMILES string of the molecule is Cc1nn(C)c2ncc(NC(=O)N3CCC(NC(=O)c4ccsc4)CC3)cc12. The van der Waals surface area contributed by atoms with Crippen molar-refractivity contribution < 1.29 is 9.59 Å². The van der Waals surface area contributed by atoms with Crippen molar-refractivity contribution >= 4 is 40.0 Å². The Kier molecular flexibility index (Phi) is 4.99. The molecule has 3 amide bonds. The topological polar surface area (TPSA) is 92.2 Å². The molecule has 0 atom stereocenters. The van der Waals surface area contributed by atoms with Crippen LogP contribution in [0, 0.1) is 6.92 Å². The van der Waals surface area contributed by atoms with E-state index in [1.54, 1.807) is 15.8 Å². The molecule has 1 aliphatic heterocycles. The lowest BCUT2D eigenvalue weighted by molar-refractivity contribution is 0.0919. The number of nitrogens with one attached hydrogen (secondary N) is 2. The number of urea groups is 1. The summed E-state index contributed by atoms with van der Waals surface area (Å²) in [5, 5.41) is 15.0. The fourth-order valence-corrected chi connectivity index (χ4v) is 4.10.